The van der Waals surface area contributed by atoms with Gasteiger partial charge in [0.2, 0.25) is 5.88 Å². The minimum atomic E-state index is -0.818. The van der Waals surface area contributed by atoms with E-state index in [9.17, 15) is 5.11 Å². The fourth-order valence-corrected chi connectivity index (χ4v) is 5.49. The van der Waals surface area contributed by atoms with Crippen LogP contribution in [0.25, 0.3) is 0 Å². The van der Waals surface area contributed by atoms with Gasteiger partial charge in [-0.25, -0.2) is 4.98 Å². The third-order valence-corrected chi connectivity index (χ3v) is 6.82. The lowest BCUT2D eigenvalue weighted by molar-refractivity contribution is -0.0113. The summed E-state index contributed by atoms with van der Waals surface area (Å²) in [6.07, 6.45) is 13.2. The Morgan fingerprint density at radius 2 is 2.17 bits per heavy atom. The van der Waals surface area contributed by atoms with Gasteiger partial charge >= 0.3 is 0 Å². The highest BCUT2D eigenvalue weighted by Crippen LogP contribution is 2.55. The van der Waals surface area contributed by atoms with Gasteiger partial charge in [-0.15, -0.1) is 5.92 Å². The van der Waals surface area contributed by atoms with Crippen LogP contribution in [0.5, 0.6) is 11.6 Å². The van der Waals surface area contributed by atoms with Crippen molar-refractivity contribution in [1.82, 2.24) is 9.97 Å². The Morgan fingerprint density at radius 3 is 2.93 bits per heavy atom. The van der Waals surface area contributed by atoms with E-state index in [1.54, 1.807) is 18.6 Å². The summed E-state index contributed by atoms with van der Waals surface area (Å²) < 4.78 is 5.93. The molecule has 1 N–H and O–H groups in total. The number of benzene rings is 1. The SMILES string of the molecule is CC#C[C@@]1(O)CC[C@@]2(CCCC)c3ccc(Oc4cnccn4)cc3CC[C@@H]2C1. The number of rotatable bonds is 5. The highest BCUT2D eigenvalue weighted by Gasteiger charge is 2.50. The average molecular weight is 391 g/mol. The summed E-state index contributed by atoms with van der Waals surface area (Å²) in [6, 6.07) is 6.51. The molecule has 1 aromatic heterocycles. The van der Waals surface area contributed by atoms with Crippen molar-refractivity contribution in [3.8, 4) is 23.5 Å². The molecule has 1 aromatic carbocycles. The maximum atomic E-state index is 11.0. The molecular weight excluding hydrogens is 360 g/mol. The Labute approximate surface area is 173 Å². The molecule has 2 aliphatic carbocycles. The van der Waals surface area contributed by atoms with Gasteiger partial charge in [-0.2, -0.15) is 0 Å². The molecule has 2 aliphatic rings. The first-order valence-electron chi connectivity index (χ1n) is 10.8. The van der Waals surface area contributed by atoms with Crippen LogP contribution in [0.1, 0.15) is 69.9 Å². The Hall–Kier alpha value is -2.38. The zero-order valence-corrected chi connectivity index (χ0v) is 17.4. The summed E-state index contributed by atoms with van der Waals surface area (Å²) >= 11 is 0. The summed E-state index contributed by atoms with van der Waals surface area (Å²) in [4.78, 5) is 8.29. The normalized spacial score (nSPS) is 27.9. The van der Waals surface area contributed by atoms with Crippen LogP contribution in [0.2, 0.25) is 0 Å². The average Bonchev–Trinajstić information content (AvgIpc) is 2.73. The van der Waals surface area contributed by atoms with E-state index >= 15 is 0 Å². The number of fused-ring (bicyclic) bond motifs is 3. The summed E-state index contributed by atoms with van der Waals surface area (Å²) in [7, 11) is 0. The van der Waals surface area contributed by atoms with Gasteiger partial charge < -0.3 is 9.84 Å². The molecule has 1 heterocycles. The first-order valence-corrected chi connectivity index (χ1v) is 10.8. The van der Waals surface area contributed by atoms with Crippen molar-refractivity contribution in [2.45, 2.75) is 76.2 Å². The molecular formula is C25H30N2O2. The maximum Gasteiger partial charge on any atom is 0.237 e. The van der Waals surface area contributed by atoms with Crippen LogP contribution in [-0.2, 0) is 11.8 Å². The van der Waals surface area contributed by atoms with Crippen molar-refractivity contribution in [2.24, 2.45) is 5.92 Å². The summed E-state index contributed by atoms with van der Waals surface area (Å²) in [5, 5.41) is 11.0. The number of hydrogen-bond acceptors (Lipinski definition) is 4. The molecule has 0 bridgehead atoms. The molecule has 0 saturated heterocycles. The second kappa shape index (κ2) is 8.16. The molecule has 152 valence electrons. The van der Waals surface area contributed by atoms with Gasteiger partial charge in [0.15, 0.2) is 0 Å². The van der Waals surface area contributed by atoms with E-state index in [0.717, 1.165) is 37.9 Å². The number of aliphatic hydroxyl groups is 1. The molecule has 0 spiro atoms. The van der Waals surface area contributed by atoms with E-state index in [1.807, 2.05) is 6.92 Å². The summed E-state index contributed by atoms with van der Waals surface area (Å²) in [6.45, 7) is 4.08. The molecule has 1 saturated carbocycles. The zero-order valence-electron chi connectivity index (χ0n) is 17.4. The molecule has 0 aliphatic heterocycles. The topological polar surface area (TPSA) is 55.2 Å². The second-order valence-electron chi connectivity index (χ2n) is 8.57. The second-order valence-corrected chi connectivity index (χ2v) is 8.57. The number of hydrogen-bond donors (Lipinski definition) is 1. The van der Waals surface area contributed by atoms with Crippen molar-refractivity contribution < 1.29 is 9.84 Å². The molecule has 29 heavy (non-hydrogen) atoms. The Balaban J connectivity index is 1.66. The third kappa shape index (κ3) is 3.89. The molecule has 0 amide bonds. The number of aryl methyl sites for hydroxylation is 1. The largest absolute Gasteiger partial charge is 0.437 e. The van der Waals surface area contributed by atoms with Crippen molar-refractivity contribution in [2.75, 3.05) is 0 Å². The lowest BCUT2D eigenvalue weighted by Gasteiger charge is -2.52. The van der Waals surface area contributed by atoms with E-state index in [4.69, 9.17) is 4.74 Å². The molecule has 3 atom stereocenters. The van der Waals surface area contributed by atoms with E-state index < -0.39 is 5.60 Å². The van der Waals surface area contributed by atoms with Gasteiger partial charge in [-0.05, 0) is 80.0 Å². The van der Waals surface area contributed by atoms with E-state index in [2.05, 4.69) is 46.9 Å². The fraction of sp³-hybridized carbons (Fsp3) is 0.520. The predicted molar refractivity (Wildman–Crippen MR) is 114 cm³/mol. The maximum absolute atomic E-state index is 11.0. The van der Waals surface area contributed by atoms with Crippen LogP contribution in [0.4, 0.5) is 0 Å². The highest BCUT2D eigenvalue weighted by molar-refractivity contribution is 5.44. The number of unbranched alkanes of at least 4 members (excludes halogenated alkanes) is 1. The van der Waals surface area contributed by atoms with Gasteiger partial charge in [0.05, 0.1) is 6.20 Å². The lowest BCUT2D eigenvalue weighted by Crippen LogP contribution is -2.49. The van der Waals surface area contributed by atoms with E-state index in [1.165, 1.54) is 30.4 Å². The van der Waals surface area contributed by atoms with Crippen LogP contribution >= 0.6 is 0 Å². The van der Waals surface area contributed by atoms with Crippen molar-refractivity contribution in [3.05, 3.63) is 47.9 Å². The molecule has 4 nitrogen and oxygen atoms in total. The van der Waals surface area contributed by atoms with Crippen LogP contribution in [-0.4, -0.2) is 20.7 Å². The van der Waals surface area contributed by atoms with Gasteiger partial charge in [0, 0.05) is 12.4 Å². The minimum absolute atomic E-state index is 0.149. The molecule has 1 fully saturated rings. The Kier molecular flexibility index (Phi) is 5.61. The van der Waals surface area contributed by atoms with Crippen LogP contribution in [0.15, 0.2) is 36.8 Å². The van der Waals surface area contributed by atoms with Crippen LogP contribution in [0.3, 0.4) is 0 Å². The quantitative estimate of drug-likeness (QED) is 0.713. The fourth-order valence-electron chi connectivity index (χ4n) is 5.49. The van der Waals surface area contributed by atoms with Gasteiger partial charge in [0.25, 0.3) is 0 Å². The van der Waals surface area contributed by atoms with Crippen molar-refractivity contribution in [3.63, 3.8) is 0 Å². The molecule has 4 heteroatoms. The van der Waals surface area contributed by atoms with Crippen LogP contribution < -0.4 is 4.74 Å². The first kappa shape index (κ1) is 19.9. The Morgan fingerprint density at radius 1 is 1.28 bits per heavy atom. The number of ether oxygens (including phenoxy) is 1. The van der Waals surface area contributed by atoms with E-state index in [-0.39, 0.29) is 5.41 Å². The third-order valence-electron chi connectivity index (χ3n) is 6.82. The predicted octanol–water partition coefficient (Wildman–Crippen LogP) is 5.20. The van der Waals surface area contributed by atoms with Gasteiger partial charge in [0.1, 0.15) is 11.4 Å². The van der Waals surface area contributed by atoms with Crippen molar-refractivity contribution >= 4 is 0 Å². The minimum Gasteiger partial charge on any atom is -0.437 e. The van der Waals surface area contributed by atoms with Crippen molar-refractivity contribution in [1.29, 1.82) is 0 Å². The van der Waals surface area contributed by atoms with Gasteiger partial charge in [-0.1, -0.05) is 31.8 Å². The lowest BCUT2D eigenvalue weighted by atomic mass is 9.53. The molecule has 4 rings (SSSR count). The highest BCUT2D eigenvalue weighted by atomic mass is 16.5. The van der Waals surface area contributed by atoms with E-state index in [0.29, 0.717) is 11.8 Å². The molecule has 0 radical (unpaired) electrons. The zero-order chi connectivity index (χ0) is 20.3. The molecule has 2 aromatic rings. The van der Waals surface area contributed by atoms with Gasteiger partial charge in [-0.3, -0.25) is 4.98 Å². The summed E-state index contributed by atoms with van der Waals surface area (Å²) in [5.74, 6) is 7.86. The van der Waals surface area contributed by atoms with Crippen LogP contribution in [0, 0.1) is 17.8 Å². The number of nitrogens with zero attached hydrogens (tertiary/aromatic N) is 2. The smallest absolute Gasteiger partial charge is 0.237 e. The Bertz CT molecular complexity index is 917. The summed E-state index contributed by atoms with van der Waals surface area (Å²) in [5.41, 5.74) is 2.17. The number of aromatic nitrogens is 2. The standard InChI is InChI=1S/C25H30N2O2/c1-3-5-11-25-13-12-24(28,10-4-2)17-20(25)7-6-19-16-21(8-9-22(19)25)29-23-18-26-14-15-27-23/h8-9,14-16,18,20,28H,3,5-7,11-13,17H2,1-2H3/t20-,24-,25-/m1/s1. The molecule has 0 unspecified atom stereocenters. The monoisotopic (exact) mass is 390 g/mol. The first-order chi connectivity index (χ1) is 14.1.